The molecule has 154 valence electrons. The summed E-state index contributed by atoms with van der Waals surface area (Å²) in [5.41, 5.74) is 6.53. The minimum absolute atomic E-state index is 0.156. The quantitative estimate of drug-likeness (QED) is 0.401. The van der Waals surface area contributed by atoms with Crippen molar-refractivity contribution in [2.45, 2.75) is 20.4 Å². The van der Waals surface area contributed by atoms with Gasteiger partial charge in [-0.25, -0.2) is 10.1 Å². The number of amides is 1. The van der Waals surface area contributed by atoms with E-state index in [1.54, 1.807) is 30.5 Å². The molecule has 0 aliphatic carbocycles. The first-order chi connectivity index (χ1) is 15.0. The summed E-state index contributed by atoms with van der Waals surface area (Å²) in [6.45, 7) is 4.29. The highest BCUT2D eigenvalue weighted by Crippen LogP contribution is 2.14. The standard InChI is InChI=1S/C25H22N4O2/c1-17-12-13-20(18(2)14-17)15-26-27-24(30)23-21-10-6-7-11-22(21)25(31)29(28-23)16-19-8-4-3-5-9-19/h3-15H,16H2,1-2H3,(H,27,30). The first-order valence-corrected chi connectivity index (χ1v) is 9.97. The molecule has 0 aliphatic heterocycles. The van der Waals surface area contributed by atoms with Gasteiger partial charge in [0.05, 0.1) is 18.1 Å². The third-order valence-corrected chi connectivity index (χ3v) is 5.05. The molecule has 0 fully saturated rings. The Morgan fingerprint density at radius 1 is 1.00 bits per heavy atom. The highest BCUT2D eigenvalue weighted by atomic mass is 16.2. The van der Waals surface area contributed by atoms with Crippen LogP contribution in [0.5, 0.6) is 0 Å². The van der Waals surface area contributed by atoms with Gasteiger partial charge in [0.2, 0.25) is 0 Å². The van der Waals surface area contributed by atoms with E-state index in [-0.39, 0.29) is 17.8 Å². The van der Waals surface area contributed by atoms with Crippen LogP contribution in [0.2, 0.25) is 0 Å². The second-order valence-electron chi connectivity index (χ2n) is 7.40. The maximum atomic E-state index is 12.9. The molecule has 3 aromatic carbocycles. The number of carbonyl (C=O) groups is 1. The molecule has 0 saturated heterocycles. The summed E-state index contributed by atoms with van der Waals surface area (Å²) < 4.78 is 1.32. The molecule has 0 bridgehead atoms. The third kappa shape index (κ3) is 4.43. The first-order valence-electron chi connectivity index (χ1n) is 9.97. The third-order valence-electron chi connectivity index (χ3n) is 5.05. The molecule has 6 nitrogen and oxygen atoms in total. The van der Waals surface area contributed by atoms with Gasteiger partial charge in [0, 0.05) is 5.39 Å². The Morgan fingerprint density at radius 2 is 1.71 bits per heavy atom. The summed E-state index contributed by atoms with van der Waals surface area (Å²) in [6, 6.07) is 22.5. The van der Waals surface area contributed by atoms with Crippen LogP contribution in [0.25, 0.3) is 10.8 Å². The molecule has 0 spiro atoms. The number of aromatic nitrogens is 2. The molecule has 0 atom stereocenters. The fourth-order valence-electron chi connectivity index (χ4n) is 3.45. The van der Waals surface area contributed by atoms with Crippen molar-refractivity contribution in [3.8, 4) is 0 Å². The number of aryl methyl sites for hydroxylation is 2. The number of nitrogens with zero attached hydrogens (tertiary/aromatic N) is 3. The monoisotopic (exact) mass is 410 g/mol. The summed E-state index contributed by atoms with van der Waals surface area (Å²) in [5, 5.41) is 9.41. The fraction of sp³-hybridized carbons (Fsp3) is 0.120. The lowest BCUT2D eigenvalue weighted by Crippen LogP contribution is -2.29. The largest absolute Gasteiger partial charge is 0.292 e. The van der Waals surface area contributed by atoms with Crippen LogP contribution in [0.3, 0.4) is 0 Å². The normalized spacial score (nSPS) is 11.2. The van der Waals surface area contributed by atoms with Gasteiger partial charge in [-0.15, -0.1) is 0 Å². The van der Waals surface area contributed by atoms with Crippen LogP contribution in [0.4, 0.5) is 0 Å². The van der Waals surface area contributed by atoms with Crippen LogP contribution in [0.15, 0.2) is 82.7 Å². The van der Waals surface area contributed by atoms with Crippen LogP contribution < -0.4 is 11.0 Å². The lowest BCUT2D eigenvalue weighted by Gasteiger charge is -2.10. The second kappa shape index (κ2) is 8.75. The molecule has 0 unspecified atom stereocenters. The average molecular weight is 410 g/mol. The van der Waals surface area contributed by atoms with Crippen molar-refractivity contribution in [1.82, 2.24) is 15.2 Å². The highest BCUT2D eigenvalue weighted by Gasteiger charge is 2.16. The van der Waals surface area contributed by atoms with Gasteiger partial charge in [-0.1, -0.05) is 72.3 Å². The van der Waals surface area contributed by atoms with Gasteiger partial charge in [-0.05, 0) is 36.6 Å². The molecular weight excluding hydrogens is 388 g/mol. The van der Waals surface area contributed by atoms with Gasteiger partial charge in [-0.3, -0.25) is 9.59 Å². The number of benzene rings is 3. The zero-order valence-corrected chi connectivity index (χ0v) is 17.4. The SMILES string of the molecule is Cc1ccc(C=NNC(=O)c2nn(Cc3ccccc3)c(=O)c3ccccc23)c(C)c1. The number of hydrogen-bond donors (Lipinski definition) is 1. The molecule has 1 N–H and O–H groups in total. The van der Waals surface area contributed by atoms with E-state index in [0.717, 1.165) is 22.3 Å². The second-order valence-corrected chi connectivity index (χ2v) is 7.40. The van der Waals surface area contributed by atoms with E-state index in [0.29, 0.717) is 10.8 Å². The van der Waals surface area contributed by atoms with Crippen molar-refractivity contribution in [3.63, 3.8) is 0 Å². The highest BCUT2D eigenvalue weighted by molar-refractivity contribution is 6.05. The summed E-state index contributed by atoms with van der Waals surface area (Å²) in [6.07, 6.45) is 1.61. The molecular formula is C25H22N4O2. The molecule has 4 rings (SSSR count). The molecule has 31 heavy (non-hydrogen) atoms. The number of hydrogen-bond acceptors (Lipinski definition) is 4. The Bertz CT molecular complexity index is 1340. The van der Waals surface area contributed by atoms with Gasteiger partial charge >= 0.3 is 0 Å². The number of fused-ring (bicyclic) bond motifs is 1. The van der Waals surface area contributed by atoms with Crippen molar-refractivity contribution in [3.05, 3.63) is 111 Å². The van der Waals surface area contributed by atoms with Crippen molar-refractivity contribution >= 4 is 22.9 Å². The number of hydrazone groups is 1. The predicted molar refractivity (Wildman–Crippen MR) is 123 cm³/mol. The van der Waals surface area contributed by atoms with E-state index in [4.69, 9.17) is 0 Å². The van der Waals surface area contributed by atoms with E-state index >= 15 is 0 Å². The van der Waals surface area contributed by atoms with Crippen molar-refractivity contribution in [2.75, 3.05) is 0 Å². The number of nitrogens with one attached hydrogen (secondary N) is 1. The fourth-order valence-corrected chi connectivity index (χ4v) is 3.45. The molecule has 1 amide bonds. The van der Waals surface area contributed by atoms with Crippen LogP contribution in [-0.2, 0) is 6.54 Å². The Morgan fingerprint density at radius 3 is 2.45 bits per heavy atom. The number of carbonyl (C=O) groups excluding carboxylic acids is 1. The van der Waals surface area contributed by atoms with Crippen molar-refractivity contribution in [2.24, 2.45) is 5.10 Å². The van der Waals surface area contributed by atoms with E-state index < -0.39 is 5.91 Å². The zero-order chi connectivity index (χ0) is 21.8. The summed E-state index contributed by atoms with van der Waals surface area (Å²) in [7, 11) is 0. The maximum absolute atomic E-state index is 12.9. The molecule has 1 heterocycles. The summed E-state index contributed by atoms with van der Waals surface area (Å²) in [5.74, 6) is -0.473. The molecule has 0 aliphatic rings. The predicted octanol–water partition coefficient (Wildman–Crippen LogP) is 3.83. The summed E-state index contributed by atoms with van der Waals surface area (Å²) >= 11 is 0. The van der Waals surface area contributed by atoms with E-state index in [9.17, 15) is 9.59 Å². The molecule has 4 aromatic rings. The Balaban J connectivity index is 1.67. The smallest absolute Gasteiger partial charge is 0.267 e. The lowest BCUT2D eigenvalue weighted by molar-refractivity contribution is 0.0949. The zero-order valence-electron chi connectivity index (χ0n) is 17.4. The average Bonchev–Trinajstić information content (AvgIpc) is 2.78. The Labute approximate surface area is 179 Å². The van der Waals surface area contributed by atoms with Gasteiger partial charge < -0.3 is 0 Å². The minimum atomic E-state index is -0.473. The Hall–Kier alpha value is -4.06. The van der Waals surface area contributed by atoms with Gasteiger partial charge in [-0.2, -0.15) is 10.2 Å². The van der Waals surface area contributed by atoms with Crippen LogP contribution in [0, 0.1) is 13.8 Å². The summed E-state index contributed by atoms with van der Waals surface area (Å²) in [4.78, 5) is 25.8. The lowest BCUT2D eigenvalue weighted by atomic mass is 10.1. The van der Waals surface area contributed by atoms with E-state index in [1.807, 2.05) is 56.3 Å². The van der Waals surface area contributed by atoms with E-state index in [1.165, 1.54) is 4.68 Å². The first kappa shape index (κ1) is 20.2. The maximum Gasteiger partial charge on any atom is 0.292 e. The van der Waals surface area contributed by atoms with Gasteiger partial charge in [0.15, 0.2) is 5.69 Å². The van der Waals surface area contributed by atoms with Crippen LogP contribution in [0.1, 0.15) is 32.7 Å². The van der Waals surface area contributed by atoms with Crippen LogP contribution in [-0.4, -0.2) is 21.9 Å². The molecule has 6 heteroatoms. The van der Waals surface area contributed by atoms with E-state index in [2.05, 4.69) is 21.7 Å². The van der Waals surface area contributed by atoms with Crippen LogP contribution >= 0.6 is 0 Å². The van der Waals surface area contributed by atoms with Crippen molar-refractivity contribution in [1.29, 1.82) is 0 Å². The number of rotatable bonds is 5. The molecule has 0 radical (unpaired) electrons. The minimum Gasteiger partial charge on any atom is -0.267 e. The van der Waals surface area contributed by atoms with Gasteiger partial charge in [0.25, 0.3) is 11.5 Å². The van der Waals surface area contributed by atoms with Crippen molar-refractivity contribution < 1.29 is 4.79 Å². The Kier molecular flexibility index (Phi) is 5.71. The molecule has 1 aromatic heterocycles. The molecule has 0 saturated carbocycles. The topological polar surface area (TPSA) is 76.3 Å². The van der Waals surface area contributed by atoms with Gasteiger partial charge in [0.1, 0.15) is 0 Å².